The minimum Gasteiger partial charge on any atom is -0.383 e. The average Bonchev–Trinajstić information content (AvgIpc) is 3.14. The Morgan fingerprint density at radius 2 is 1.78 bits per heavy atom. The maximum Gasteiger partial charge on any atom is 0.190 e. The Balaban J connectivity index is 1.86. The molecule has 134 valence electrons. The van der Waals surface area contributed by atoms with Gasteiger partial charge < -0.3 is 5.73 Å². The smallest absolute Gasteiger partial charge is 0.190 e. The first-order valence-corrected chi connectivity index (χ1v) is 8.17. The van der Waals surface area contributed by atoms with Crippen molar-refractivity contribution in [3.8, 4) is 28.2 Å². The number of pyridine rings is 1. The zero-order valence-electron chi connectivity index (χ0n) is 13.6. The molecule has 0 fully saturated rings. The van der Waals surface area contributed by atoms with E-state index in [4.69, 9.17) is 17.3 Å². The van der Waals surface area contributed by atoms with Gasteiger partial charge in [-0.1, -0.05) is 29.8 Å². The quantitative estimate of drug-likeness (QED) is 0.579. The van der Waals surface area contributed by atoms with E-state index in [1.165, 1.54) is 12.1 Å². The van der Waals surface area contributed by atoms with E-state index < -0.39 is 11.6 Å². The summed E-state index contributed by atoms with van der Waals surface area (Å²) in [6.07, 6.45) is 1.60. The van der Waals surface area contributed by atoms with Crippen LogP contribution >= 0.6 is 11.6 Å². The second-order valence-corrected chi connectivity index (χ2v) is 6.09. The van der Waals surface area contributed by atoms with E-state index in [0.29, 0.717) is 10.6 Å². The van der Waals surface area contributed by atoms with E-state index in [9.17, 15) is 8.78 Å². The van der Waals surface area contributed by atoms with Crippen LogP contribution < -0.4 is 5.73 Å². The molecule has 0 unspecified atom stereocenters. The lowest BCUT2D eigenvalue weighted by Crippen LogP contribution is -2.06. The van der Waals surface area contributed by atoms with Gasteiger partial charge in [0.1, 0.15) is 11.5 Å². The highest BCUT2D eigenvalue weighted by Crippen LogP contribution is 2.30. The van der Waals surface area contributed by atoms with Crippen molar-refractivity contribution in [1.29, 1.82) is 0 Å². The number of anilines is 1. The highest BCUT2D eigenvalue weighted by atomic mass is 35.5. The first-order valence-electron chi connectivity index (χ1n) is 7.79. The van der Waals surface area contributed by atoms with Gasteiger partial charge in [-0.25, -0.2) is 13.8 Å². The zero-order chi connectivity index (χ0) is 19.0. The number of benzene rings is 2. The number of aromatic nitrogens is 5. The van der Waals surface area contributed by atoms with Crippen LogP contribution in [0, 0.1) is 11.6 Å². The van der Waals surface area contributed by atoms with E-state index in [1.807, 2.05) is 12.1 Å². The molecule has 27 heavy (non-hydrogen) atoms. The van der Waals surface area contributed by atoms with Gasteiger partial charge >= 0.3 is 0 Å². The van der Waals surface area contributed by atoms with Crippen LogP contribution in [0.2, 0.25) is 5.02 Å². The molecule has 2 aromatic heterocycles. The first kappa shape index (κ1) is 17.0. The molecule has 2 heterocycles. The molecule has 2 N–H and O–H groups in total. The first-order chi connectivity index (χ1) is 13.0. The third-order valence-electron chi connectivity index (χ3n) is 3.97. The minimum atomic E-state index is -1.06. The van der Waals surface area contributed by atoms with Gasteiger partial charge in [0.25, 0.3) is 0 Å². The van der Waals surface area contributed by atoms with Crippen molar-refractivity contribution in [1.82, 2.24) is 25.2 Å². The number of hydrogen-bond donors (Lipinski definition) is 1. The Bertz CT molecular complexity index is 1130. The number of nitrogen functional groups attached to an aromatic ring is 1. The largest absolute Gasteiger partial charge is 0.383 e. The molecule has 0 aliphatic carbocycles. The van der Waals surface area contributed by atoms with Crippen LogP contribution in [0.25, 0.3) is 28.2 Å². The van der Waals surface area contributed by atoms with Gasteiger partial charge in [0, 0.05) is 16.8 Å². The molecule has 2 aromatic carbocycles. The highest BCUT2D eigenvalue weighted by Gasteiger charge is 2.19. The van der Waals surface area contributed by atoms with Crippen LogP contribution in [0.15, 0.2) is 54.7 Å². The fourth-order valence-corrected chi connectivity index (χ4v) is 2.75. The summed E-state index contributed by atoms with van der Waals surface area (Å²) in [5.74, 6) is -1.78. The zero-order valence-corrected chi connectivity index (χ0v) is 14.4. The predicted octanol–water partition coefficient (Wildman–Crippen LogP) is 3.91. The monoisotopic (exact) mass is 384 g/mol. The van der Waals surface area contributed by atoms with Crippen LogP contribution in [-0.2, 0) is 0 Å². The van der Waals surface area contributed by atoms with Crippen LogP contribution in [0.5, 0.6) is 0 Å². The molecule has 0 saturated heterocycles. The molecule has 0 amide bonds. The molecule has 0 spiro atoms. The van der Waals surface area contributed by atoms with E-state index >= 15 is 0 Å². The van der Waals surface area contributed by atoms with Gasteiger partial charge in [-0.15, -0.1) is 5.10 Å². The maximum atomic E-state index is 14.2. The SMILES string of the molecule is Nc1ncc(-c2ccc(Cl)cc2)cc1-c1nnnn1-c1cccc(F)c1F. The number of hydrogen-bond acceptors (Lipinski definition) is 5. The van der Waals surface area contributed by atoms with E-state index in [1.54, 1.807) is 24.4 Å². The molecule has 0 atom stereocenters. The summed E-state index contributed by atoms with van der Waals surface area (Å²) in [4.78, 5) is 4.18. The Hall–Kier alpha value is -3.39. The summed E-state index contributed by atoms with van der Waals surface area (Å²) < 4.78 is 28.9. The van der Waals surface area contributed by atoms with Crippen molar-refractivity contribution in [2.45, 2.75) is 0 Å². The molecule has 0 saturated carbocycles. The Morgan fingerprint density at radius 1 is 1.00 bits per heavy atom. The Kier molecular flexibility index (Phi) is 4.25. The molecular weight excluding hydrogens is 374 g/mol. The molecule has 9 heteroatoms. The van der Waals surface area contributed by atoms with Crippen molar-refractivity contribution in [3.05, 3.63) is 71.4 Å². The van der Waals surface area contributed by atoms with Crippen LogP contribution in [0.1, 0.15) is 0 Å². The topological polar surface area (TPSA) is 82.5 Å². The van der Waals surface area contributed by atoms with Gasteiger partial charge in [0.15, 0.2) is 17.5 Å². The fraction of sp³-hybridized carbons (Fsp3) is 0. The highest BCUT2D eigenvalue weighted by molar-refractivity contribution is 6.30. The number of nitrogens with zero attached hydrogens (tertiary/aromatic N) is 5. The third kappa shape index (κ3) is 3.11. The van der Waals surface area contributed by atoms with Crippen molar-refractivity contribution >= 4 is 17.4 Å². The molecule has 4 rings (SSSR count). The normalized spacial score (nSPS) is 10.9. The second kappa shape index (κ2) is 6.73. The van der Waals surface area contributed by atoms with E-state index in [2.05, 4.69) is 20.5 Å². The van der Waals surface area contributed by atoms with E-state index in [-0.39, 0.29) is 17.3 Å². The van der Waals surface area contributed by atoms with Crippen molar-refractivity contribution in [2.75, 3.05) is 5.73 Å². The third-order valence-corrected chi connectivity index (χ3v) is 4.22. The summed E-state index contributed by atoms with van der Waals surface area (Å²) in [7, 11) is 0. The molecule has 0 aliphatic rings. The average molecular weight is 385 g/mol. The van der Waals surface area contributed by atoms with Crippen molar-refractivity contribution in [3.63, 3.8) is 0 Å². The molecule has 0 radical (unpaired) electrons. The summed E-state index contributed by atoms with van der Waals surface area (Å²) in [5, 5.41) is 11.9. The van der Waals surface area contributed by atoms with Crippen LogP contribution in [0.3, 0.4) is 0 Å². The maximum absolute atomic E-state index is 14.2. The van der Waals surface area contributed by atoms with Crippen LogP contribution in [0.4, 0.5) is 14.6 Å². The molecular formula is C18H11ClF2N6. The van der Waals surface area contributed by atoms with Crippen molar-refractivity contribution in [2.24, 2.45) is 0 Å². The number of nitrogens with two attached hydrogens (primary N) is 1. The number of halogens is 3. The lowest BCUT2D eigenvalue weighted by molar-refractivity contribution is 0.501. The second-order valence-electron chi connectivity index (χ2n) is 5.65. The molecule has 0 bridgehead atoms. The van der Waals surface area contributed by atoms with E-state index in [0.717, 1.165) is 21.9 Å². The molecule has 0 aliphatic heterocycles. The predicted molar refractivity (Wildman–Crippen MR) is 97.2 cm³/mol. The van der Waals surface area contributed by atoms with Gasteiger partial charge in [0.2, 0.25) is 0 Å². The van der Waals surface area contributed by atoms with Gasteiger partial charge in [-0.2, -0.15) is 4.68 Å². The van der Waals surface area contributed by atoms with Crippen molar-refractivity contribution < 1.29 is 8.78 Å². The lowest BCUT2D eigenvalue weighted by atomic mass is 10.1. The number of tetrazole rings is 1. The standard InChI is InChI=1S/C18H11ClF2N6/c19-12-6-4-10(5-7-12)11-8-13(17(22)23-9-11)18-24-25-26-27(18)15-3-1-2-14(20)16(15)21/h1-9H,(H2,22,23). The Labute approximate surface area is 157 Å². The summed E-state index contributed by atoms with van der Waals surface area (Å²) in [6.45, 7) is 0. The van der Waals surface area contributed by atoms with Gasteiger partial charge in [-0.05, 0) is 46.3 Å². The van der Waals surface area contributed by atoms with Crippen LogP contribution in [-0.4, -0.2) is 25.2 Å². The number of rotatable bonds is 3. The lowest BCUT2D eigenvalue weighted by Gasteiger charge is -2.09. The fourth-order valence-electron chi connectivity index (χ4n) is 2.63. The van der Waals surface area contributed by atoms with Gasteiger partial charge in [-0.3, -0.25) is 0 Å². The summed E-state index contributed by atoms with van der Waals surface area (Å²) in [5.41, 5.74) is 7.83. The Morgan fingerprint density at radius 3 is 2.56 bits per heavy atom. The molecule has 6 nitrogen and oxygen atoms in total. The summed E-state index contributed by atoms with van der Waals surface area (Å²) >= 11 is 5.92. The minimum absolute atomic E-state index is 0.133. The molecule has 4 aromatic rings. The van der Waals surface area contributed by atoms with Gasteiger partial charge in [0.05, 0.1) is 5.56 Å². The summed E-state index contributed by atoms with van der Waals surface area (Å²) in [6, 6.07) is 12.6.